The lowest BCUT2D eigenvalue weighted by atomic mass is 10.1. The largest absolute Gasteiger partial charge is 0.467 e. The highest BCUT2D eigenvalue weighted by Crippen LogP contribution is 2.33. The molecule has 0 unspecified atom stereocenters. The van der Waals surface area contributed by atoms with Crippen LogP contribution in [-0.2, 0) is 21.0 Å². The van der Waals surface area contributed by atoms with Gasteiger partial charge in [0.15, 0.2) is 6.79 Å². The summed E-state index contributed by atoms with van der Waals surface area (Å²) >= 11 is 0. The van der Waals surface area contributed by atoms with E-state index < -0.39 is 10.8 Å². The predicted octanol–water partition coefficient (Wildman–Crippen LogP) is 1.49. The quantitative estimate of drug-likeness (QED) is 0.474. The second kappa shape index (κ2) is 6.33. The molecule has 1 heterocycles. The Morgan fingerprint density at radius 2 is 2.29 bits per heavy atom. The molecule has 0 N–H and O–H groups in total. The molecule has 8 nitrogen and oxygen atoms in total. The highest BCUT2D eigenvalue weighted by molar-refractivity contribution is 5.91. The van der Waals surface area contributed by atoms with Crippen molar-refractivity contribution in [3.05, 3.63) is 39.4 Å². The van der Waals surface area contributed by atoms with E-state index in [1.807, 2.05) is 0 Å². The molecule has 1 aliphatic heterocycles. The molecule has 0 aromatic heterocycles. The minimum atomic E-state index is -0.505. The van der Waals surface area contributed by atoms with Gasteiger partial charge >= 0.3 is 0 Å². The highest BCUT2D eigenvalue weighted by atomic mass is 16.7. The van der Waals surface area contributed by atoms with E-state index in [0.29, 0.717) is 16.9 Å². The number of fused-ring (bicyclic) bond motifs is 1. The van der Waals surface area contributed by atoms with Crippen molar-refractivity contribution >= 4 is 17.7 Å². The first-order valence-electron chi connectivity index (χ1n) is 6.04. The van der Waals surface area contributed by atoms with Gasteiger partial charge in [0.05, 0.1) is 18.6 Å². The number of hydroxylamine groups is 2. The summed E-state index contributed by atoms with van der Waals surface area (Å²) in [4.78, 5) is 26.8. The number of ether oxygens (including phenoxy) is 2. The Kier molecular flexibility index (Phi) is 4.51. The van der Waals surface area contributed by atoms with Crippen molar-refractivity contribution in [3.63, 3.8) is 0 Å². The highest BCUT2D eigenvalue weighted by Gasteiger charge is 2.20. The van der Waals surface area contributed by atoms with E-state index >= 15 is 0 Å². The average Bonchev–Trinajstić information content (AvgIpc) is 2.50. The Balaban J connectivity index is 2.37. The lowest BCUT2D eigenvalue weighted by molar-refractivity contribution is -0.385. The summed E-state index contributed by atoms with van der Waals surface area (Å²) in [6, 6.07) is 2.75. The fourth-order valence-corrected chi connectivity index (χ4v) is 1.82. The van der Waals surface area contributed by atoms with E-state index in [-0.39, 0.29) is 19.1 Å². The number of non-ortho nitro benzene ring substituents is 1. The maximum absolute atomic E-state index is 11.6. The minimum absolute atomic E-state index is 0.0670. The number of likely N-dealkylation sites (N-methyl/N-ethyl adjacent to an activating group) is 1. The number of carbonyl (C=O) groups excluding carboxylic acids is 1. The number of benzene rings is 1. The van der Waals surface area contributed by atoms with Gasteiger partial charge in [-0.05, 0) is 6.08 Å². The van der Waals surface area contributed by atoms with E-state index in [9.17, 15) is 14.9 Å². The molecule has 1 aromatic carbocycles. The third-order valence-electron chi connectivity index (χ3n) is 2.92. The van der Waals surface area contributed by atoms with Gasteiger partial charge in [0.25, 0.3) is 11.6 Å². The van der Waals surface area contributed by atoms with Crippen LogP contribution in [0, 0.1) is 10.1 Å². The number of amides is 1. The van der Waals surface area contributed by atoms with Gasteiger partial charge in [-0.2, -0.15) is 0 Å². The first kappa shape index (κ1) is 14.9. The molecule has 1 aromatic rings. The first-order chi connectivity index (χ1) is 10.0. The molecule has 2 rings (SSSR count). The predicted molar refractivity (Wildman–Crippen MR) is 72.2 cm³/mol. The standard InChI is InChI=1S/C13H14N2O6/c1-14(19-2)12(16)4-3-9-5-11(15(17)18)6-10-7-20-8-21-13(9)10/h3-6H,7-8H2,1-2H3/b4-3-. The monoisotopic (exact) mass is 294 g/mol. The Morgan fingerprint density at radius 1 is 1.52 bits per heavy atom. The van der Waals surface area contributed by atoms with Crippen LogP contribution in [0.5, 0.6) is 5.75 Å². The number of nitro benzene ring substituents is 1. The summed E-state index contributed by atoms with van der Waals surface area (Å²) in [6.07, 6.45) is 2.71. The molecule has 0 spiro atoms. The summed E-state index contributed by atoms with van der Waals surface area (Å²) < 4.78 is 10.5. The number of hydrogen-bond donors (Lipinski definition) is 0. The van der Waals surface area contributed by atoms with Crippen molar-refractivity contribution in [1.82, 2.24) is 5.06 Å². The molecule has 8 heteroatoms. The van der Waals surface area contributed by atoms with Crippen molar-refractivity contribution < 1.29 is 24.0 Å². The third kappa shape index (κ3) is 3.36. The van der Waals surface area contributed by atoms with Gasteiger partial charge < -0.3 is 9.47 Å². The Labute approximate surface area is 120 Å². The van der Waals surface area contributed by atoms with Crippen molar-refractivity contribution in [2.24, 2.45) is 0 Å². The van der Waals surface area contributed by atoms with Crippen LogP contribution in [0.1, 0.15) is 11.1 Å². The molecule has 0 bridgehead atoms. The van der Waals surface area contributed by atoms with Gasteiger partial charge in [-0.15, -0.1) is 0 Å². The van der Waals surface area contributed by atoms with E-state index in [4.69, 9.17) is 14.3 Å². The molecular formula is C13H14N2O6. The van der Waals surface area contributed by atoms with Crippen LogP contribution in [0.4, 0.5) is 5.69 Å². The van der Waals surface area contributed by atoms with Gasteiger partial charge in [-0.25, -0.2) is 5.06 Å². The second-order valence-electron chi connectivity index (χ2n) is 4.24. The van der Waals surface area contributed by atoms with Crippen molar-refractivity contribution in [3.8, 4) is 5.75 Å². The van der Waals surface area contributed by atoms with Crippen molar-refractivity contribution in [2.45, 2.75) is 6.61 Å². The van der Waals surface area contributed by atoms with Crippen LogP contribution in [-0.4, -0.2) is 36.8 Å². The van der Waals surface area contributed by atoms with E-state index in [0.717, 1.165) is 5.06 Å². The number of carbonyl (C=O) groups is 1. The number of nitrogens with zero attached hydrogens (tertiary/aromatic N) is 2. The molecule has 112 valence electrons. The molecule has 0 saturated heterocycles. The fraction of sp³-hybridized carbons (Fsp3) is 0.308. The summed E-state index contributed by atoms with van der Waals surface area (Å²) in [5, 5.41) is 12.0. The lowest BCUT2D eigenvalue weighted by Crippen LogP contribution is -2.23. The number of nitro groups is 1. The Hall–Kier alpha value is -2.45. The van der Waals surface area contributed by atoms with E-state index in [1.165, 1.54) is 38.4 Å². The van der Waals surface area contributed by atoms with E-state index in [1.54, 1.807) is 0 Å². The normalized spacial score (nSPS) is 13.6. The van der Waals surface area contributed by atoms with Crippen LogP contribution in [0.15, 0.2) is 18.2 Å². The van der Waals surface area contributed by atoms with Gasteiger partial charge in [-0.3, -0.25) is 19.7 Å². The topological polar surface area (TPSA) is 91.1 Å². The maximum atomic E-state index is 11.6. The van der Waals surface area contributed by atoms with E-state index in [2.05, 4.69) is 0 Å². The second-order valence-corrected chi connectivity index (χ2v) is 4.24. The summed E-state index contributed by atoms with van der Waals surface area (Å²) in [5.41, 5.74) is 0.929. The molecule has 0 saturated carbocycles. The SMILES string of the molecule is CON(C)C(=O)/C=C\c1cc([N+](=O)[O-])cc2c1OCOC2. The zero-order valence-corrected chi connectivity index (χ0v) is 11.6. The lowest BCUT2D eigenvalue weighted by Gasteiger charge is -2.19. The molecule has 0 atom stereocenters. The third-order valence-corrected chi connectivity index (χ3v) is 2.92. The summed E-state index contributed by atoms with van der Waals surface area (Å²) in [7, 11) is 2.82. The van der Waals surface area contributed by atoms with Crippen LogP contribution >= 0.6 is 0 Å². The Morgan fingerprint density at radius 3 is 2.95 bits per heavy atom. The molecule has 1 aliphatic rings. The summed E-state index contributed by atoms with van der Waals surface area (Å²) in [6.45, 7) is 0.293. The molecule has 1 amide bonds. The molecule has 0 radical (unpaired) electrons. The minimum Gasteiger partial charge on any atom is -0.467 e. The van der Waals surface area contributed by atoms with Gasteiger partial charge in [0, 0.05) is 36.4 Å². The van der Waals surface area contributed by atoms with Crippen molar-refractivity contribution in [1.29, 1.82) is 0 Å². The van der Waals surface area contributed by atoms with Crippen LogP contribution in [0.25, 0.3) is 6.08 Å². The zero-order chi connectivity index (χ0) is 15.4. The zero-order valence-electron chi connectivity index (χ0n) is 11.6. The Bertz CT molecular complexity index is 599. The first-order valence-corrected chi connectivity index (χ1v) is 6.04. The van der Waals surface area contributed by atoms with Crippen LogP contribution in [0.2, 0.25) is 0 Å². The molecular weight excluding hydrogens is 280 g/mol. The molecule has 0 fully saturated rings. The number of rotatable bonds is 4. The van der Waals surface area contributed by atoms with Crippen LogP contribution in [0.3, 0.4) is 0 Å². The maximum Gasteiger partial charge on any atom is 0.270 e. The average molecular weight is 294 g/mol. The van der Waals surface area contributed by atoms with Gasteiger partial charge in [0.2, 0.25) is 0 Å². The number of hydrogen-bond acceptors (Lipinski definition) is 6. The van der Waals surface area contributed by atoms with Gasteiger partial charge in [-0.1, -0.05) is 0 Å². The smallest absolute Gasteiger partial charge is 0.270 e. The molecule has 0 aliphatic carbocycles. The summed E-state index contributed by atoms with van der Waals surface area (Å²) in [5.74, 6) is 0.0841. The molecule has 21 heavy (non-hydrogen) atoms. The van der Waals surface area contributed by atoms with Gasteiger partial charge in [0.1, 0.15) is 5.75 Å². The fourth-order valence-electron chi connectivity index (χ4n) is 1.82. The van der Waals surface area contributed by atoms with Crippen molar-refractivity contribution in [2.75, 3.05) is 21.0 Å². The van der Waals surface area contributed by atoms with Crippen LogP contribution < -0.4 is 4.74 Å².